The molecular formula is C30H34Cl2N6O3. The molecule has 5 rings (SSSR count). The molecule has 1 N–H and O–H groups in total. The number of pyridine rings is 1. The lowest BCUT2D eigenvalue weighted by Crippen LogP contribution is -2.61. The van der Waals surface area contributed by atoms with E-state index in [-0.39, 0.29) is 16.9 Å². The van der Waals surface area contributed by atoms with Crippen molar-refractivity contribution in [1.82, 2.24) is 19.9 Å². The fraction of sp³-hybridized carbons (Fsp3) is 0.433. The van der Waals surface area contributed by atoms with E-state index in [1.807, 2.05) is 44.7 Å². The number of amides is 1. The van der Waals surface area contributed by atoms with Crippen molar-refractivity contribution >= 4 is 52.4 Å². The minimum absolute atomic E-state index is 0.174. The van der Waals surface area contributed by atoms with E-state index in [2.05, 4.69) is 28.6 Å². The zero-order valence-electron chi connectivity index (χ0n) is 24.3. The second kappa shape index (κ2) is 10.1. The summed E-state index contributed by atoms with van der Waals surface area (Å²) in [6, 6.07) is 5.47. The minimum Gasteiger partial charge on any atom is -0.478 e. The molecule has 3 aromatic rings. The maximum Gasteiger partial charge on any atom is 0.337 e. The first kappa shape index (κ1) is 29.1. The van der Waals surface area contributed by atoms with Crippen LogP contribution in [0.2, 0.25) is 10.0 Å². The highest BCUT2D eigenvalue weighted by Crippen LogP contribution is 2.43. The Hall–Kier alpha value is -3.43. The molecule has 2 aliphatic heterocycles. The van der Waals surface area contributed by atoms with Gasteiger partial charge >= 0.3 is 5.97 Å². The Balaban J connectivity index is 1.41. The van der Waals surface area contributed by atoms with Gasteiger partial charge in [-0.25, -0.2) is 19.7 Å². The number of aryl methyl sites for hydroxylation is 1. The van der Waals surface area contributed by atoms with Gasteiger partial charge in [0.2, 0.25) is 0 Å². The molecule has 2 aliphatic rings. The predicted octanol–water partition coefficient (Wildman–Crippen LogP) is 5.97. The Morgan fingerprint density at radius 3 is 2.27 bits per heavy atom. The molecule has 2 aromatic heterocycles. The Morgan fingerprint density at radius 2 is 1.63 bits per heavy atom. The van der Waals surface area contributed by atoms with Gasteiger partial charge < -0.3 is 19.8 Å². The van der Waals surface area contributed by atoms with Crippen molar-refractivity contribution in [2.24, 2.45) is 0 Å². The number of benzene rings is 1. The van der Waals surface area contributed by atoms with Crippen LogP contribution in [0.5, 0.6) is 0 Å². The number of hydrogen-bond donors (Lipinski definition) is 1. The minimum atomic E-state index is -0.975. The van der Waals surface area contributed by atoms with Gasteiger partial charge in [0.1, 0.15) is 11.5 Å². The first-order chi connectivity index (χ1) is 19.1. The quantitative estimate of drug-likeness (QED) is 0.393. The number of carboxylic acids is 1. The third-order valence-corrected chi connectivity index (χ3v) is 8.95. The molecule has 0 atom stereocenters. The number of nitrogens with zero attached hydrogens (tertiary/aromatic N) is 6. The van der Waals surface area contributed by atoms with Crippen LogP contribution in [0, 0.1) is 20.8 Å². The number of anilines is 3. The molecule has 216 valence electrons. The lowest BCUT2D eigenvalue weighted by Gasteiger charge is -2.47. The van der Waals surface area contributed by atoms with Gasteiger partial charge in [-0.15, -0.1) is 0 Å². The average Bonchev–Trinajstić information content (AvgIpc) is 3.16. The average molecular weight is 598 g/mol. The normalized spacial score (nSPS) is 17.5. The second-order valence-electron chi connectivity index (χ2n) is 12.1. The van der Waals surface area contributed by atoms with Gasteiger partial charge in [-0.05, 0) is 63.9 Å². The Labute approximate surface area is 250 Å². The van der Waals surface area contributed by atoms with E-state index in [1.165, 1.54) is 0 Å². The maximum absolute atomic E-state index is 13.9. The summed E-state index contributed by atoms with van der Waals surface area (Å²) in [5.41, 5.74) is 3.31. The summed E-state index contributed by atoms with van der Waals surface area (Å²) in [7, 11) is 0. The van der Waals surface area contributed by atoms with Gasteiger partial charge in [-0.2, -0.15) is 0 Å². The number of carbonyl (C=O) groups is 2. The number of aromatic nitrogens is 3. The molecule has 1 saturated heterocycles. The molecule has 1 amide bonds. The van der Waals surface area contributed by atoms with Crippen LogP contribution in [0.15, 0.2) is 24.4 Å². The number of piperazine rings is 1. The van der Waals surface area contributed by atoms with Crippen molar-refractivity contribution in [3.63, 3.8) is 0 Å². The summed E-state index contributed by atoms with van der Waals surface area (Å²) in [5.74, 6) is 0.307. The highest BCUT2D eigenvalue weighted by Gasteiger charge is 2.42. The van der Waals surface area contributed by atoms with Crippen LogP contribution >= 0.6 is 23.2 Å². The molecule has 0 radical (unpaired) electrons. The van der Waals surface area contributed by atoms with Gasteiger partial charge in [0.05, 0.1) is 38.7 Å². The smallest absolute Gasteiger partial charge is 0.337 e. The summed E-state index contributed by atoms with van der Waals surface area (Å²) in [4.78, 5) is 45.9. The van der Waals surface area contributed by atoms with Crippen molar-refractivity contribution in [1.29, 1.82) is 0 Å². The zero-order valence-corrected chi connectivity index (χ0v) is 25.9. The van der Waals surface area contributed by atoms with Crippen molar-refractivity contribution in [2.75, 3.05) is 36.0 Å². The number of carboxylic acid groups (broad SMARTS) is 1. The Morgan fingerprint density at radius 1 is 0.927 bits per heavy atom. The van der Waals surface area contributed by atoms with E-state index in [9.17, 15) is 14.7 Å². The lowest BCUT2D eigenvalue weighted by atomic mass is 9.92. The molecule has 41 heavy (non-hydrogen) atoms. The molecule has 4 heterocycles. The van der Waals surface area contributed by atoms with E-state index in [4.69, 9.17) is 33.2 Å². The van der Waals surface area contributed by atoms with E-state index in [1.54, 1.807) is 19.2 Å². The predicted molar refractivity (Wildman–Crippen MR) is 161 cm³/mol. The summed E-state index contributed by atoms with van der Waals surface area (Å²) in [6.07, 6.45) is 1.55. The first-order valence-electron chi connectivity index (χ1n) is 13.5. The molecule has 0 saturated carbocycles. The van der Waals surface area contributed by atoms with E-state index in [0.717, 1.165) is 22.8 Å². The number of carbonyl (C=O) groups excluding carboxylic acids is 1. The van der Waals surface area contributed by atoms with Gasteiger partial charge in [0.15, 0.2) is 5.82 Å². The Kier molecular flexibility index (Phi) is 7.19. The van der Waals surface area contributed by atoms with Crippen LogP contribution in [0.1, 0.15) is 71.1 Å². The van der Waals surface area contributed by atoms with Crippen molar-refractivity contribution in [3.05, 3.63) is 68.2 Å². The summed E-state index contributed by atoms with van der Waals surface area (Å²) in [6.45, 7) is 15.8. The molecular weight excluding hydrogens is 563 g/mol. The van der Waals surface area contributed by atoms with Crippen LogP contribution in [0.25, 0.3) is 0 Å². The molecule has 9 nitrogen and oxygen atoms in total. The van der Waals surface area contributed by atoms with Crippen LogP contribution in [0.4, 0.5) is 17.3 Å². The maximum atomic E-state index is 13.9. The summed E-state index contributed by atoms with van der Waals surface area (Å²) >= 11 is 12.4. The highest BCUT2D eigenvalue weighted by molar-refractivity contribution is 6.42. The fourth-order valence-electron chi connectivity index (χ4n) is 5.95. The van der Waals surface area contributed by atoms with Gasteiger partial charge in [-0.1, -0.05) is 37.0 Å². The van der Waals surface area contributed by atoms with E-state index < -0.39 is 11.5 Å². The van der Waals surface area contributed by atoms with Crippen LogP contribution < -0.4 is 9.80 Å². The summed E-state index contributed by atoms with van der Waals surface area (Å²) < 4.78 is 0. The largest absolute Gasteiger partial charge is 0.478 e. The number of hydrogen-bond acceptors (Lipinski definition) is 7. The third kappa shape index (κ3) is 4.99. The number of aromatic carboxylic acids is 1. The summed E-state index contributed by atoms with van der Waals surface area (Å²) in [5, 5.41) is 10.6. The number of fused-ring (bicyclic) bond motifs is 1. The van der Waals surface area contributed by atoms with Crippen molar-refractivity contribution in [2.45, 2.75) is 59.4 Å². The zero-order chi connectivity index (χ0) is 30.0. The van der Waals surface area contributed by atoms with E-state index >= 15 is 0 Å². The topological polar surface area (TPSA) is 103 Å². The van der Waals surface area contributed by atoms with Crippen LogP contribution in [-0.4, -0.2) is 68.6 Å². The lowest BCUT2D eigenvalue weighted by molar-refractivity contribution is 0.0505. The molecule has 0 spiro atoms. The van der Waals surface area contributed by atoms with Gasteiger partial charge in [0.25, 0.3) is 5.91 Å². The van der Waals surface area contributed by atoms with Crippen molar-refractivity contribution < 1.29 is 14.7 Å². The SMILES string of the molecule is Cc1nc(N2CCN(C(=O)c3cnc4c(n3)C(C)(C)CN4c3ccc(Cl)c(Cl)c3)C(C)(C)C2)c(C)c(C)c1C(=O)O. The molecule has 0 bridgehead atoms. The molecule has 11 heteroatoms. The first-order valence-corrected chi connectivity index (χ1v) is 14.3. The monoisotopic (exact) mass is 596 g/mol. The third-order valence-electron chi connectivity index (χ3n) is 8.21. The molecule has 0 unspecified atom stereocenters. The van der Waals surface area contributed by atoms with E-state index in [0.29, 0.717) is 59.0 Å². The van der Waals surface area contributed by atoms with Crippen LogP contribution in [0.3, 0.4) is 0 Å². The number of halogens is 2. The van der Waals surface area contributed by atoms with Crippen LogP contribution in [-0.2, 0) is 5.41 Å². The van der Waals surface area contributed by atoms with Gasteiger partial charge in [0, 0.05) is 37.3 Å². The fourth-order valence-corrected chi connectivity index (χ4v) is 6.24. The molecule has 1 fully saturated rings. The standard InChI is InChI=1S/C30H34Cl2N6O3/c1-16-17(2)25(34-18(3)23(16)28(40)41)36-10-11-38(30(6,7)15-36)27(39)22-13-33-26-24(35-22)29(4,5)14-37(26)19-8-9-20(31)21(32)12-19/h8-9,12-13H,10-11,14-15H2,1-7H3,(H,40,41). The highest BCUT2D eigenvalue weighted by atomic mass is 35.5. The second-order valence-corrected chi connectivity index (χ2v) is 13.0. The number of rotatable bonds is 4. The van der Waals surface area contributed by atoms with Crippen molar-refractivity contribution in [3.8, 4) is 0 Å². The Bertz CT molecular complexity index is 1590. The molecule has 1 aromatic carbocycles. The molecule has 0 aliphatic carbocycles. The van der Waals surface area contributed by atoms with Gasteiger partial charge in [-0.3, -0.25) is 4.79 Å².